The van der Waals surface area contributed by atoms with E-state index in [0.29, 0.717) is 18.4 Å². The van der Waals surface area contributed by atoms with Gasteiger partial charge in [0.1, 0.15) is 5.82 Å². The molecule has 96 valence electrons. The molecule has 0 aliphatic carbocycles. The van der Waals surface area contributed by atoms with Crippen molar-refractivity contribution in [1.82, 2.24) is 4.98 Å². The molecule has 2 nitrogen and oxygen atoms in total. The Kier molecular flexibility index (Phi) is 3.78. The maximum atomic E-state index is 13.9. The lowest BCUT2D eigenvalue weighted by Crippen LogP contribution is -2.39. The van der Waals surface area contributed by atoms with Crippen molar-refractivity contribution in [3.63, 3.8) is 0 Å². The summed E-state index contributed by atoms with van der Waals surface area (Å²) in [7, 11) is 0. The smallest absolute Gasteiger partial charge is 0.128 e. The molecule has 2 rings (SSSR count). The van der Waals surface area contributed by atoms with Gasteiger partial charge in [-0.1, -0.05) is 25.1 Å². The number of hydrogen-bond donors (Lipinski definition) is 1. The van der Waals surface area contributed by atoms with E-state index in [4.69, 9.17) is 5.73 Å². The highest BCUT2D eigenvalue weighted by atomic mass is 32.1. The second kappa shape index (κ2) is 5.16. The van der Waals surface area contributed by atoms with Crippen molar-refractivity contribution in [1.29, 1.82) is 0 Å². The lowest BCUT2D eigenvalue weighted by atomic mass is 9.84. The third kappa shape index (κ3) is 2.60. The monoisotopic (exact) mass is 264 g/mol. The van der Waals surface area contributed by atoms with Gasteiger partial charge in [-0.15, -0.1) is 11.3 Å². The van der Waals surface area contributed by atoms with Crippen molar-refractivity contribution in [2.75, 3.05) is 0 Å². The highest BCUT2D eigenvalue weighted by molar-refractivity contribution is 7.09. The van der Waals surface area contributed by atoms with E-state index >= 15 is 0 Å². The van der Waals surface area contributed by atoms with Gasteiger partial charge in [0.05, 0.1) is 10.7 Å². The summed E-state index contributed by atoms with van der Waals surface area (Å²) in [6, 6.07) is 6.72. The van der Waals surface area contributed by atoms with Crippen molar-refractivity contribution in [3.8, 4) is 0 Å². The molecule has 0 aliphatic heterocycles. The standard InChI is InChI=1S/C14H17FN2S/c1-3-14(16,8-11-9-18-10(2)17-11)12-6-4-5-7-13(12)15/h4-7,9H,3,8,16H2,1-2H3. The fourth-order valence-electron chi connectivity index (χ4n) is 2.09. The molecule has 4 heteroatoms. The summed E-state index contributed by atoms with van der Waals surface area (Å²) in [4.78, 5) is 4.41. The zero-order valence-corrected chi connectivity index (χ0v) is 11.4. The third-order valence-electron chi connectivity index (χ3n) is 3.20. The van der Waals surface area contributed by atoms with E-state index in [1.165, 1.54) is 6.07 Å². The van der Waals surface area contributed by atoms with E-state index in [1.807, 2.05) is 25.3 Å². The van der Waals surface area contributed by atoms with Crippen molar-refractivity contribution in [3.05, 3.63) is 51.7 Å². The van der Waals surface area contributed by atoms with Crippen LogP contribution in [0.5, 0.6) is 0 Å². The first kappa shape index (κ1) is 13.2. The molecule has 0 aliphatic rings. The molecule has 1 aromatic heterocycles. The highest BCUT2D eigenvalue weighted by Gasteiger charge is 2.29. The van der Waals surface area contributed by atoms with Crippen LogP contribution >= 0.6 is 11.3 Å². The minimum absolute atomic E-state index is 0.242. The van der Waals surface area contributed by atoms with Gasteiger partial charge >= 0.3 is 0 Å². The predicted molar refractivity (Wildman–Crippen MR) is 73.1 cm³/mol. The summed E-state index contributed by atoms with van der Waals surface area (Å²) in [5, 5.41) is 3.00. The summed E-state index contributed by atoms with van der Waals surface area (Å²) in [6.45, 7) is 3.94. The van der Waals surface area contributed by atoms with Crippen molar-refractivity contribution in [2.24, 2.45) is 5.73 Å². The Hall–Kier alpha value is -1.26. The number of rotatable bonds is 4. The first-order chi connectivity index (χ1) is 8.55. The van der Waals surface area contributed by atoms with Crippen LogP contribution in [0.25, 0.3) is 0 Å². The van der Waals surface area contributed by atoms with Crippen LogP contribution in [-0.2, 0) is 12.0 Å². The number of thiazole rings is 1. The van der Waals surface area contributed by atoms with Gasteiger partial charge in [0.25, 0.3) is 0 Å². The first-order valence-corrected chi connectivity index (χ1v) is 6.88. The second-order valence-electron chi connectivity index (χ2n) is 4.52. The molecule has 1 unspecified atom stereocenters. The molecule has 2 N–H and O–H groups in total. The van der Waals surface area contributed by atoms with E-state index in [2.05, 4.69) is 4.98 Å². The molecule has 1 heterocycles. The number of hydrogen-bond acceptors (Lipinski definition) is 3. The van der Waals surface area contributed by atoms with Crippen molar-refractivity contribution < 1.29 is 4.39 Å². The van der Waals surface area contributed by atoms with Gasteiger partial charge in [-0.2, -0.15) is 0 Å². The molecule has 0 saturated heterocycles. The van der Waals surface area contributed by atoms with Gasteiger partial charge in [0, 0.05) is 22.9 Å². The Labute approximate surface area is 111 Å². The minimum Gasteiger partial charge on any atom is -0.321 e. The van der Waals surface area contributed by atoms with E-state index < -0.39 is 5.54 Å². The molecular weight excluding hydrogens is 247 g/mol. The molecule has 0 fully saturated rings. The average molecular weight is 264 g/mol. The van der Waals surface area contributed by atoms with Crippen LogP contribution in [-0.4, -0.2) is 4.98 Å². The van der Waals surface area contributed by atoms with Gasteiger partial charge in [-0.05, 0) is 19.4 Å². The number of aryl methyl sites for hydroxylation is 1. The summed E-state index contributed by atoms with van der Waals surface area (Å²) >= 11 is 1.59. The third-order valence-corrected chi connectivity index (χ3v) is 4.03. The summed E-state index contributed by atoms with van der Waals surface area (Å²) in [6.07, 6.45) is 1.24. The number of aromatic nitrogens is 1. The number of halogens is 1. The molecule has 1 aromatic carbocycles. The topological polar surface area (TPSA) is 38.9 Å². The molecule has 0 saturated carbocycles. The van der Waals surface area contributed by atoms with Gasteiger partial charge in [-0.3, -0.25) is 0 Å². The molecule has 18 heavy (non-hydrogen) atoms. The van der Waals surface area contributed by atoms with Gasteiger partial charge in [-0.25, -0.2) is 9.37 Å². The Bertz CT molecular complexity index is 538. The largest absolute Gasteiger partial charge is 0.321 e. The average Bonchev–Trinajstić information content (AvgIpc) is 2.75. The van der Waals surface area contributed by atoms with Gasteiger partial charge in [0.15, 0.2) is 0 Å². The van der Waals surface area contributed by atoms with Crippen molar-refractivity contribution >= 4 is 11.3 Å². The second-order valence-corrected chi connectivity index (χ2v) is 5.59. The van der Waals surface area contributed by atoms with Crippen LogP contribution in [0.1, 0.15) is 29.6 Å². The number of nitrogens with two attached hydrogens (primary N) is 1. The fourth-order valence-corrected chi connectivity index (χ4v) is 2.70. The normalized spacial score (nSPS) is 14.4. The Morgan fingerprint density at radius 1 is 1.39 bits per heavy atom. The van der Waals surface area contributed by atoms with Crippen LogP contribution in [0.15, 0.2) is 29.6 Å². The predicted octanol–water partition coefficient (Wildman–Crippen LogP) is 3.40. The van der Waals surface area contributed by atoms with Gasteiger partial charge in [0.2, 0.25) is 0 Å². The molecule has 0 radical (unpaired) electrons. The molecule has 0 spiro atoms. The minimum atomic E-state index is -0.689. The zero-order valence-electron chi connectivity index (χ0n) is 10.6. The Morgan fingerprint density at radius 2 is 2.11 bits per heavy atom. The summed E-state index contributed by atoms with van der Waals surface area (Å²) in [5.41, 5.74) is 7.20. The maximum Gasteiger partial charge on any atom is 0.128 e. The Morgan fingerprint density at radius 3 is 2.67 bits per heavy atom. The maximum absolute atomic E-state index is 13.9. The highest BCUT2D eigenvalue weighted by Crippen LogP contribution is 2.29. The quantitative estimate of drug-likeness (QED) is 0.919. The van der Waals surface area contributed by atoms with Gasteiger partial charge < -0.3 is 5.73 Å². The molecule has 0 bridgehead atoms. The first-order valence-electron chi connectivity index (χ1n) is 6.00. The molecular formula is C14H17FN2S. The van der Waals surface area contributed by atoms with Crippen LogP contribution in [0.2, 0.25) is 0 Å². The number of benzene rings is 1. The fraction of sp³-hybridized carbons (Fsp3) is 0.357. The lowest BCUT2D eigenvalue weighted by Gasteiger charge is -2.28. The van der Waals surface area contributed by atoms with E-state index in [-0.39, 0.29) is 5.82 Å². The zero-order chi connectivity index (χ0) is 13.2. The molecule has 1 atom stereocenters. The SMILES string of the molecule is CCC(N)(Cc1csc(C)n1)c1ccccc1F. The van der Waals surface area contributed by atoms with E-state index in [1.54, 1.807) is 23.5 Å². The van der Waals surface area contributed by atoms with Crippen LogP contribution in [0.3, 0.4) is 0 Å². The van der Waals surface area contributed by atoms with E-state index in [0.717, 1.165) is 10.7 Å². The van der Waals surface area contributed by atoms with E-state index in [9.17, 15) is 4.39 Å². The van der Waals surface area contributed by atoms with Crippen molar-refractivity contribution in [2.45, 2.75) is 32.2 Å². The number of nitrogens with zero attached hydrogens (tertiary/aromatic N) is 1. The summed E-state index contributed by atoms with van der Waals surface area (Å²) < 4.78 is 13.9. The molecule has 0 amide bonds. The van der Waals surface area contributed by atoms with Crippen LogP contribution in [0.4, 0.5) is 4.39 Å². The lowest BCUT2D eigenvalue weighted by molar-refractivity contribution is 0.399. The molecule has 2 aromatic rings. The van der Waals surface area contributed by atoms with Crippen LogP contribution in [0, 0.1) is 12.7 Å². The Balaban J connectivity index is 2.33. The summed E-state index contributed by atoms with van der Waals surface area (Å²) in [5.74, 6) is -0.242. The van der Waals surface area contributed by atoms with Crippen LogP contribution < -0.4 is 5.73 Å².